The molecule has 0 saturated carbocycles. The number of hydrogen-bond acceptors (Lipinski definition) is 5. The van der Waals surface area contributed by atoms with Crippen LogP contribution in [0.1, 0.15) is 0 Å². The van der Waals surface area contributed by atoms with E-state index in [1.165, 1.54) is 12.1 Å². The fraction of sp³-hybridized carbons (Fsp3) is 0.0667. The van der Waals surface area contributed by atoms with Gasteiger partial charge in [-0.3, -0.25) is 0 Å². The van der Waals surface area contributed by atoms with Crippen LogP contribution >= 0.6 is 0 Å². The summed E-state index contributed by atoms with van der Waals surface area (Å²) in [6.45, 7) is -2.86. The number of ether oxygens (including phenoxy) is 1. The number of halogens is 2. The molecule has 0 amide bonds. The summed E-state index contributed by atoms with van der Waals surface area (Å²) in [5.74, 6) is 0.672. The van der Waals surface area contributed by atoms with Crippen molar-refractivity contribution in [2.45, 2.75) is 6.61 Å². The summed E-state index contributed by atoms with van der Waals surface area (Å²) in [7, 11) is 0. The molecule has 5 nitrogen and oxygen atoms in total. The molecule has 112 valence electrons. The van der Waals surface area contributed by atoms with Crippen molar-refractivity contribution in [3.05, 3.63) is 48.5 Å². The summed E-state index contributed by atoms with van der Waals surface area (Å²) in [6, 6.07) is 13.0. The standard InChI is InChI=1S/C15H11F2N3O2/c16-15(17)21-12-6-4-9(5-7-12)13-19-20-14(22-13)10-2-1-3-11(18)8-10/h1-8,15H,18H2. The Labute approximate surface area is 124 Å². The molecule has 2 N–H and O–H groups in total. The van der Waals surface area contributed by atoms with Gasteiger partial charge in [0.2, 0.25) is 11.8 Å². The molecule has 22 heavy (non-hydrogen) atoms. The average Bonchev–Trinajstić information content (AvgIpc) is 2.97. The molecule has 0 aliphatic rings. The van der Waals surface area contributed by atoms with Gasteiger partial charge in [-0.25, -0.2) is 0 Å². The van der Waals surface area contributed by atoms with Gasteiger partial charge in [0.05, 0.1) is 0 Å². The Balaban J connectivity index is 1.84. The number of nitrogens with two attached hydrogens (primary N) is 1. The number of benzene rings is 2. The number of anilines is 1. The predicted octanol–water partition coefficient (Wildman–Crippen LogP) is 3.59. The van der Waals surface area contributed by atoms with E-state index in [2.05, 4.69) is 14.9 Å². The molecular weight excluding hydrogens is 292 g/mol. The van der Waals surface area contributed by atoms with Crippen molar-refractivity contribution in [3.63, 3.8) is 0 Å². The van der Waals surface area contributed by atoms with E-state index < -0.39 is 6.61 Å². The van der Waals surface area contributed by atoms with Crippen LogP contribution in [0.15, 0.2) is 52.9 Å². The predicted molar refractivity (Wildman–Crippen MR) is 76.2 cm³/mol. The Morgan fingerprint density at radius 3 is 2.27 bits per heavy atom. The molecule has 0 bridgehead atoms. The molecule has 0 aliphatic carbocycles. The smallest absolute Gasteiger partial charge is 0.387 e. The van der Waals surface area contributed by atoms with Crippen LogP contribution < -0.4 is 10.5 Å². The van der Waals surface area contributed by atoms with E-state index in [1.807, 2.05) is 0 Å². The van der Waals surface area contributed by atoms with Gasteiger partial charge >= 0.3 is 6.61 Å². The fourth-order valence-corrected chi connectivity index (χ4v) is 1.91. The molecule has 3 rings (SSSR count). The summed E-state index contributed by atoms with van der Waals surface area (Å²) in [6.07, 6.45) is 0. The van der Waals surface area contributed by atoms with Gasteiger partial charge in [0.25, 0.3) is 0 Å². The van der Waals surface area contributed by atoms with Gasteiger partial charge in [-0.2, -0.15) is 8.78 Å². The van der Waals surface area contributed by atoms with Crippen LogP contribution in [0.3, 0.4) is 0 Å². The van der Waals surface area contributed by atoms with Crippen molar-refractivity contribution >= 4 is 5.69 Å². The zero-order valence-corrected chi connectivity index (χ0v) is 11.2. The zero-order chi connectivity index (χ0) is 15.5. The fourth-order valence-electron chi connectivity index (χ4n) is 1.91. The van der Waals surface area contributed by atoms with E-state index in [4.69, 9.17) is 10.2 Å². The molecular formula is C15H11F2N3O2. The summed E-state index contributed by atoms with van der Waals surface area (Å²) >= 11 is 0. The Bertz CT molecular complexity index is 772. The van der Waals surface area contributed by atoms with E-state index in [9.17, 15) is 8.78 Å². The number of aromatic nitrogens is 2. The summed E-state index contributed by atoms with van der Waals surface area (Å²) < 4.78 is 34.0. The lowest BCUT2D eigenvalue weighted by Crippen LogP contribution is -2.01. The Kier molecular flexibility index (Phi) is 3.69. The summed E-state index contributed by atoms with van der Waals surface area (Å²) in [5.41, 5.74) is 7.60. The Morgan fingerprint density at radius 1 is 0.955 bits per heavy atom. The van der Waals surface area contributed by atoms with Gasteiger partial charge in [0, 0.05) is 16.8 Å². The Morgan fingerprint density at radius 2 is 1.64 bits per heavy atom. The molecule has 0 saturated heterocycles. The maximum absolute atomic E-state index is 12.1. The molecule has 0 radical (unpaired) electrons. The minimum Gasteiger partial charge on any atom is -0.435 e. The molecule has 1 heterocycles. The molecule has 1 aromatic heterocycles. The van der Waals surface area contributed by atoms with E-state index in [0.29, 0.717) is 22.7 Å². The third-order valence-electron chi connectivity index (χ3n) is 2.89. The number of nitrogens with zero attached hydrogens (tertiary/aromatic N) is 2. The van der Waals surface area contributed by atoms with E-state index in [0.717, 1.165) is 0 Å². The largest absolute Gasteiger partial charge is 0.435 e. The van der Waals surface area contributed by atoms with Crippen LogP contribution in [0, 0.1) is 0 Å². The lowest BCUT2D eigenvalue weighted by Gasteiger charge is -2.03. The molecule has 0 unspecified atom stereocenters. The zero-order valence-electron chi connectivity index (χ0n) is 11.2. The van der Waals surface area contributed by atoms with Gasteiger partial charge in [0.1, 0.15) is 5.75 Å². The summed E-state index contributed by atoms with van der Waals surface area (Å²) in [5, 5.41) is 7.89. The molecule has 2 aromatic carbocycles. The average molecular weight is 303 g/mol. The minimum atomic E-state index is -2.86. The van der Waals surface area contributed by atoms with Crippen molar-refractivity contribution in [3.8, 4) is 28.7 Å². The first-order chi connectivity index (χ1) is 10.6. The number of rotatable bonds is 4. The second-order valence-electron chi connectivity index (χ2n) is 4.44. The van der Waals surface area contributed by atoms with E-state index in [-0.39, 0.29) is 11.6 Å². The quantitative estimate of drug-likeness (QED) is 0.746. The summed E-state index contributed by atoms with van der Waals surface area (Å²) in [4.78, 5) is 0. The maximum atomic E-state index is 12.1. The molecule has 3 aromatic rings. The highest BCUT2D eigenvalue weighted by molar-refractivity contribution is 5.61. The molecule has 0 aliphatic heterocycles. The third kappa shape index (κ3) is 3.03. The minimum absolute atomic E-state index is 0.0642. The van der Waals surface area contributed by atoms with Crippen LogP contribution in [-0.4, -0.2) is 16.8 Å². The van der Waals surface area contributed by atoms with Crippen LogP contribution in [0.4, 0.5) is 14.5 Å². The number of hydrogen-bond donors (Lipinski definition) is 1. The van der Waals surface area contributed by atoms with Gasteiger partial charge in [0.15, 0.2) is 0 Å². The highest BCUT2D eigenvalue weighted by Crippen LogP contribution is 2.26. The Hall–Kier alpha value is -2.96. The highest BCUT2D eigenvalue weighted by atomic mass is 19.3. The lowest BCUT2D eigenvalue weighted by molar-refractivity contribution is -0.0498. The third-order valence-corrected chi connectivity index (χ3v) is 2.89. The molecule has 0 atom stereocenters. The molecule has 0 fully saturated rings. The van der Waals surface area contributed by atoms with Crippen LogP contribution in [0.2, 0.25) is 0 Å². The number of alkyl halides is 2. The second kappa shape index (κ2) is 5.80. The SMILES string of the molecule is Nc1cccc(-c2nnc(-c3ccc(OC(F)F)cc3)o2)c1. The van der Waals surface area contributed by atoms with Crippen molar-refractivity contribution in [1.82, 2.24) is 10.2 Å². The van der Waals surface area contributed by atoms with E-state index in [1.54, 1.807) is 36.4 Å². The van der Waals surface area contributed by atoms with Gasteiger partial charge in [-0.1, -0.05) is 6.07 Å². The first-order valence-corrected chi connectivity index (χ1v) is 6.36. The number of nitrogen functional groups attached to an aromatic ring is 1. The van der Waals surface area contributed by atoms with E-state index >= 15 is 0 Å². The van der Waals surface area contributed by atoms with Crippen molar-refractivity contribution in [2.24, 2.45) is 0 Å². The van der Waals surface area contributed by atoms with Gasteiger partial charge in [-0.05, 0) is 42.5 Å². The van der Waals surface area contributed by atoms with Crippen molar-refractivity contribution in [1.29, 1.82) is 0 Å². The molecule has 0 spiro atoms. The first kappa shape index (κ1) is 14.0. The molecule has 7 heteroatoms. The second-order valence-corrected chi connectivity index (χ2v) is 4.44. The van der Waals surface area contributed by atoms with Crippen LogP contribution in [0.5, 0.6) is 5.75 Å². The monoisotopic (exact) mass is 303 g/mol. The normalized spacial score (nSPS) is 10.9. The highest BCUT2D eigenvalue weighted by Gasteiger charge is 2.11. The van der Waals surface area contributed by atoms with Crippen molar-refractivity contribution in [2.75, 3.05) is 5.73 Å². The maximum Gasteiger partial charge on any atom is 0.387 e. The van der Waals surface area contributed by atoms with Gasteiger partial charge in [-0.15, -0.1) is 10.2 Å². The van der Waals surface area contributed by atoms with Crippen LogP contribution in [0.25, 0.3) is 22.9 Å². The lowest BCUT2D eigenvalue weighted by atomic mass is 10.2. The van der Waals surface area contributed by atoms with Crippen LogP contribution in [-0.2, 0) is 0 Å². The van der Waals surface area contributed by atoms with Crippen molar-refractivity contribution < 1.29 is 17.9 Å². The van der Waals surface area contributed by atoms with Gasteiger partial charge < -0.3 is 14.9 Å². The topological polar surface area (TPSA) is 74.2 Å². The first-order valence-electron chi connectivity index (χ1n) is 6.36.